The van der Waals surface area contributed by atoms with E-state index < -0.39 is 0 Å². The highest BCUT2D eigenvalue weighted by Crippen LogP contribution is 2.25. The quantitative estimate of drug-likeness (QED) is 0.876. The highest BCUT2D eigenvalue weighted by atomic mass is 16.5. The lowest BCUT2D eigenvalue weighted by Gasteiger charge is -2.28. The Morgan fingerprint density at radius 1 is 1.30 bits per heavy atom. The number of ether oxygens (including phenoxy) is 1. The van der Waals surface area contributed by atoms with E-state index in [1.54, 1.807) is 0 Å². The van der Waals surface area contributed by atoms with E-state index in [2.05, 4.69) is 12.2 Å². The minimum atomic E-state index is 0.137. The summed E-state index contributed by atoms with van der Waals surface area (Å²) in [5.41, 5.74) is 0.751. The number of benzene rings is 1. The Morgan fingerprint density at radius 2 is 2.13 bits per heavy atom. The maximum absolute atomic E-state index is 13.0. The SMILES string of the molecule is CCCN(C(=O)c1cccc(OC2CCCC2)c1)C1CCNC1. The zero-order valence-corrected chi connectivity index (χ0v) is 14.1. The summed E-state index contributed by atoms with van der Waals surface area (Å²) in [6.45, 7) is 4.86. The largest absolute Gasteiger partial charge is 0.490 e. The van der Waals surface area contributed by atoms with Crippen LogP contribution in [0.1, 0.15) is 55.8 Å². The number of hydrogen-bond donors (Lipinski definition) is 1. The smallest absolute Gasteiger partial charge is 0.254 e. The molecule has 4 heteroatoms. The molecule has 1 aliphatic carbocycles. The van der Waals surface area contributed by atoms with Crippen LogP contribution in [0.2, 0.25) is 0 Å². The van der Waals surface area contributed by atoms with Crippen molar-refractivity contribution in [2.45, 2.75) is 57.6 Å². The molecule has 126 valence electrons. The van der Waals surface area contributed by atoms with Gasteiger partial charge in [-0.05, 0) is 63.3 Å². The van der Waals surface area contributed by atoms with Crippen molar-refractivity contribution < 1.29 is 9.53 Å². The molecule has 1 saturated heterocycles. The third-order valence-electron chi connectivity index (χ3n) is 4.89. The first-order valence-corrected chi connectivity index (χ1v) is 9.06. The van der Waals surface area contributed by atoms with E-state index in [0.717, 1.165) is 56.6 Å². The van der Waals surface area contributed by atoms with Gasteiger partial charge < -0.3 is 15.0 Å². The molecular formula is C19H28N2O2. The van der Waals surface area contributed by atoms with Crippen molar-refractivity contribution >= 4 is 5.91 Å². The second-order valence-electron chi connectivity index (χ2n) is 6.70. The molecule has 1 unspecified atom stereocenters. The lowest BCUT2D eigenvalue weighted by molar-refractivity contribution is 0.0691. The Morgan fingerprint density at radius 3 is 2.83 bits per heavy atom. The second kappa shape index (κ2) is 7.82. The number of rotatable bonds is 6. The zero-order chi connectivity index (χ0) is 16.1. The summed E-state index contributed by atoms with van der Waals surface area (Å²) >= 11 is 0. The van der Waals surface area contributed by atoms with Crippen LogP contribution in [0.4, 0.5) is 0 Å². The number of amides is 1. The van der Waals surface area contributed by atoms with Crippen LogP contribution in [0.25, 0.3) is 0 Å². The van der Waals surface area contributed by atoms with Gasteiger partial charge in [-0.3, -0.25) is 4.79 Å². The lowest BCUT2D eigenvalue weighted by atomic mass is 10.1. The van der Waals surface area contributed by atoms with Crippen LogP contribution in [0.5, 0.6) is 5.75 Å². The van der Waals surface area contributed by atoms with Crippen LogP contribution in [0, 0.1) is 0 Å². The van der Waals surface area contributed by atoms with Crippen molar-refractivity contribution in [2.24, 2.45) is 0 Å². The Bertz CT molecular complexity index is 520. The van der Waals surface area contributed by atoms with E-state index in [1.165, 1.54) is 12.8 Å². The molecule has 0 spiro atoms. The van der Waals surface area contributed by atoms with Crippen LogP contribution in [-0.2, 0) is 0 Å². The third-order valence-corrected chi connectivity index (χ3v) is 4.89. The molecule has 3 rings (SSSR count). The normalized spacial score (nSPS) is 21.5. The van der Waals surface area contributed by atoms with Gasteiger partial charge in [-0.15, -0.1) is 0 Å². The summed E-state index contributed by atoms with van der Waals surface area (Å²) in [7, 11) is 0. The van der Waals surface area contributed by atoms with E-state index in [1.807, 2.05) is 29.2 Å². The average Bonchev–Trinajstić information content (AvgIpc) is 3.26. The summed E-state index contributed by atoms with van der Waals surface area (Å²) in [6.07, 6.45) is 7.13. The monoisotopic (exact) mass is 316 g/mol. The summed E-state index contributed by atoms with van der Waals surface area (Å²) in [5, 5.41) is 3.36. The van der Waals surface area contributed by atoms with Crippen molar-refractivity contribution in [3.63, 3.8) is 0 Å². The van der Waals surface area contributed by atoms with Gasteiger partial charge in [0.05, 0.1) is 6.10 Å². The van der Waals surface area contributed by atoms with E-state index >= 15 is 0 Å². The van der Waals surface area contributed by atoms with Crippen molar-refractivity contribution in [2.75, 3.05) is 19.6 Å². The number of carbonyl (C=O) groups is 1. The van der Waals surface area contributed by atoms with Gasteiger partial charge in [0.15, 0.2) is 0 Å². The molecule has 0 aromatic heterocycles. The minimum Gasteiger partial charge on any atom is -0.490 e. The predicted molar refractivity (Wildman–Crippen MR) is 91.9 cm³/mol. The Labute approximate surface area is 139 Å². The lowest BCUT2D eigenvalue weighted by Crippen LogP contribution is -2.42. The molecule has 1 heterocycles. The maximum atomic E-state index is 13.0. The maximum Gasteiger partial charge on any atom is 0.254 e. The first-order chi connectivity index (χ1) is 11.3. The van der Waals surface area contributed by atoms with Crippen molar-refractivity contribution in [1.82, 2.24) is 10.2 Å². The third kappa shape index (κ3) is 4.05. The minimum absolute atomic E-state index is 0.137. The summed E-state index contributed by atoms with van der Waals surface area (Å²) in [4.78, 5) is 15.0. The summed E-state index contributed by atoms with van der Waals surface area (Å²) in [6, 6.07) is 8.06. The topological polar surface area (TPSA) is 41.6 Å². The van der Waals surface area contributed by atoms with E-state index in [0.29, 0.717) is 12.1 Å². The first kappa shape index (κ1) is 16.3. The van der Waals surface area contributed by atoms with Crippen LogP contribution in [0.15, 0.2) is 24.3 Å². The van der Waals surface area contributed by atoms with Crippen LogP contribution in [-0.4, -0.2) is 42.6 Å². The molecule has 1 aromatic rings. The second-order valence-corrected chi connectivity index (χ2v) is 6.70. The Kier molecular flexibility index (Phi) is 5.55. The predicted octanol–water partition coefficient (Wildman–Crippen LogP) is 3.22. The first-order valence-electron chi connectivity index (χ1n) is 9.06. The van der Waals surface area contributed by atoms with Crippen molar-refractivity contribution in [1.29, 1.82) is 0 Å². The van der Waals surface area contributed by atoms with Gasteiger partial charge in [0, 0.05) is 24.7 Å². The molecule has 2 aliphatic rings. The molecule has 1 saturated carbocycles. The average molecular weight is 316 g/mol. The zero-order valence-electron chi connectivity index (χ0n) is 14.1. The molecule has 1 atom stereocenters. The highest BCUT2D eigenvalue weighted by molar-refractivity contribution is 5.94. The van der Waals surface area contributed by atoms with Crippen molar-refractivity contribution in [3.05, 3.63) is 29.8 Å². The van der Waals surface area contributed by atoms with Gasteiger partial charge in [-0.1, -0.05) is 13.0 Å². The number of nitrogens with one attached hydrogen (secondary N) is 1. The van der Waals surface area contributed by atoms with Gasteiger partial charge in [-0.25, -0.2) is 0 Å². The van der Waals surface area contributed by atoms with Gasteiger partial charge >= 0.3 is 0 Å². The van der Waals surface area contributed by atoms with Gasteiger partial charge in [-0.2, -0.15) is 0 Å². The fraction of sp³-hybridized carbons (Fsp3) is 0.632. The number of nitrogens with zero attached hydrogens (tertiary/aromatic N) is 1. The Balaban J connectivity index is 1.71. The molecule has 2 fully saturated rings. The standard InChI is InChI=1S/C19H28N2O2/c1-2-12-21(16-10-11-20-14-16)19(22)15-6-5-9-18(13-15)23-17-7-3-4-8-17/h5-6,9,13,16-17,20H,2-4,7-8,10-12,14H2,1H3. The number of carbonyl (C=O) groups excluding carboxylic acids is 1. The Hall–Kier alpha value is -1.55. The van der Waals surface area contributed by atoms with Gasteiger partial charge in [0.1, 0.15) is 5.75 Å². The molecule has 4 nitrogen and oxygen atoms in total. The molecule has 1 N–H and O–H groups in total. The fourth-order valence-electron chi connectivity index (χ4n) is 3.66. The van der Waals surface area contributed by atoms with Crippen molar-refractivity contribution in [3.8, 4) is 5.75 Å². The van der Waals surface area contributed by atoms with Crippen LogP contribution in [0.3, 0.4) is 0 Å². The van der Waals surface area contributed by atoms with Crippen LogP contribution < -0.4 is 10.1 Å². The van der Waals surface area contributed by atoms with E-state index in [9.17, 15) is 4.79 Å². The number of hydrogen-bond acceptors (Lipinski definition) is 3. The molecule has 1 amide bonds. The fourth-order valence-corrected chi connectivity index (χ4v) is 3.66. The molecule has 23 heavy (non-hydrogen) atoms. The molecule has 1 aromatic carbocycles. The molecule has 0 bridgehead atoms. The molecular weight excluding hydrogens is 288 g/mol. The van der Waals surface area contributed by atoms with E-state index in [4.69, 9.17) is 4.74 Å². The molecule has 1 aliphatic heterocycles. The summed E-state index contributed by atoms with van der Waals surface area (Å²) < 4.78 is 6.05. The van der Waals surface area contributed by atoms with E-state index in [-0.39, 0.29) is 5.91 Å². The van der Waals surface area contributed by atoms with Crippen LogP contribution >= 0.6 is 0 Å². The highest BCUT2D eigenvalue weighted by Gasteiger charge is 2.27. The summed E-state index contributed by atoms with van der Waals surface area (Å²) in [5.74, 6) is 0.973. The van der Waals surface area contributed by atoms with Gasteiger partial charge in [0.25, 0.3) is 5.91 Å². The van der Waals surface area contributed by atoms with Gasteiger partial charge in [0.2, 0.25) is 0 Å². The molecule has 0 radical (unpaired) electrons.